The summed E-state index contributed by atoms with van der Waals surface area (Å²) < 4.78 is 0. The summed E-state index contributed by atoms with van der Waals surface area (Å²) in [6, 6.07) is -0.252. The molecule has 2 amide bonds. The first-order chi connectivity index (χ1) is 8.16. The molecule has 17 heavy (non-hydrogen) atoms. The highest BCUT2D eigenvalue weighted by Crippen LogP contribution is 2.12. The standard InChI is InChI=1S/C10H20Cl3N3O/c11-6-8-14-10(17)16-15-7-4-2-1-3-5-9(12)13/h9,15H,1-8H2,(H2,14,16,17). The van der Waals surface area contributed by atoms with Crippen molar-refractivity contribution in [2.24, 2.45) is 0 Å². The summed E-state index contributed by atoms with van der Waals surface area (Å²) in [5, 5.41) is 2.58. The minimum absolute atomic E-state index is 0.250. The number of carbonyl (C=O) groups is 1. The van der Waals surface area contributed by atoms with Crippen molar-refractivity contribution in [2.75, 3.05) is 19.0 Å². The summed E-state index contributed by atoms with van der Waals surface area (Å²) in [5.41, 5.74) is 5.36. The number of halogens is 3. The molecule has 7 heteroatoms. The maximum absolute atomic E-state index is 11.0. The molecule has 102 valence electrons. The Morgan fingerprint density at radius 1 is 1.06 bits per heavy atom. The predicted octanol–water partition coefficient (Wildman–Crippen LogP) is 2.78. The number of unbranched alkanes of at least 4 members (excludes halogenated alkanes) is 3. The molecule has 0 aromatic carbocycles. The van der Waals surface area contributed by atoms with Gasteiger partial charge >= 0.3 is 6.03 Å². The fourth-order valence-electron chi connectivity index (χ4n) is 1.21. The largest absolute Gasteiger partial charge is 0.336 e. The van der Waals surface area contributed by atoms with Gasteiger partial charge in [0.1, 0.15) is 4.84 Å². The normalized spacial score (nSPS) is 10.6. The molecule has 0 bridgehead atoms. The summed E-state index contributed by atoms with van der Waals surface area (Å²) in [4.78, 5) is 10.8. The summed E-state index contributed by atoms with van der Waals surface area (Å²) >= 11 is 16.6. The zero-order chi connectivity index (χ0) is 12.9. The van der Waals surface area contributed by atoms with Crippen LogP contribution in [0.2, 0.25) is 0 Å². The van der Waals surface area contributed by atoms with Gasteiger partial charge in [0.15, 0.2) is 0 Å². The van der Waals surface area contributed by atoms with E-state index in [-0.39, 0.29) is 10.9 Å². The number of nitrogens with one attached hydrogen (secondary N) is 3. The van der Waals surface area contributed by atoms with Crippen molar-refractivity contribution in [3.8, 4) is 0 Å². The fraction of sp³-hybridized carbons (Fsp3) is 0.900. The average molecular weight is 305 g/mol. The lowest BCUT2D eigenvalue weighted by molar-refractivity contribution is 0.237. The average Bonchev–Trinajstić information content (AvgIpc) is 2.29. The molecular weight excluding hydrogens is 284 g/mol. The monoisotopic (exact) mass is 303 g/mol. The van der Waals surface area contributed by atoms with Crippen LogP contribution >= 0.6 is 34.8 Å². The fourth-order valence-corrected chi connectivity index (χ4v) is 1.62. The van der Waals surface area contributed by atoms with E-state index in [1.54, 1.807) is 0 Å². The second-order valence-electron chi connectivity index (χ2n) is 3.59. The number of hydrogen-bond donors (Lipinski definition) is 3. The molecule has 0 fully saturated rings. The minimum atomic E-state index is -0.252. The van der Waals surface area contributed by atoms with Crippen LogP contribution < -0.4 is 16.2 Å². The van der Waals surface area contributed by atoms with Gasteiger partial charge in [0, 0.05) is 19.0 Å². The van der Waals surface area contributed by atoms with Crippen molar-refractivity contribution >= 4 is 40.8 Å². The lowest BCUT2D eigenvalue weighted by atomic mass is 10.1. The molecular formula is C10H20Cl3N3O. The molecule has 0 aromatic heterocycles. The van der Waals surface area contributed by atoms with Gasteiger partial charge in [-0.05, 0) is 12.8 Å². The maximum atomic E-state index is 11.0. The zero-order valence-electron chi connectivity index (χ0n) is 9.78. The van der Waals surface area contributed by atoms with Crippen molar-refractivity contribution in [3.05, 3.63) is 0 Å². The van der Waals surface area contributed by atoms with Gasteiger partial charge in [-0.15, -0.1) is 34.8 Å². The number of hydrogen-bond acceptors (Lipinski definition) is 2. The van der Waals surface area contributed by atoms with Crippen LogP contribution in [-0.4, -0.2) is 29.8 Å². The SMILES string of the molecule is O=C(NCCCl)NNCCCCCCC(Cl)Cl. The van der Waals surface area contributed by atoms with Crippen LogP contribution in [0.3, 0.4) is 0 Å². The molecule has 0 unspecified atom stereocenters. The quantitative estimate of drug-likeness (QED) is 0.330. The van der Waals surface area contributed by atoms with Crippen LogP contribution in [-0.2, 0) is 0 Å². The Morgan fingerprint density at radius 3 is 2.41 bits per heavy atom. The number of alkyl halides is 3. The Balaban J connectivity index is 3.10. The number of amides is 2. The van der Waals surface area contributed by atoms with Gasteiger partial charge in [-0.2, -0.15) is 0 Å². The van der Waals surface area contributed by atoms with Crippen LogP contribution in [0.5, 0.6) is 0 Å². The molecule has 3 N–H and O–H groups in total. The summed E-state index contributed by atoms with van der Waals surface area (Å²) in [7, 11) is 0. The third kappa shape index (κ3) is 14.0. The highest BCUT2D eigenvalue weighted by molar-refractivity contribution is 6.44. The third-order valence-corrected chi connectivity index (χ3v) is 2.68. The van der Waals surface area contributed by atoms with Gasteiger partial charge in [-0.1, -0.05) is 19.3 Å². The molecule has 0 spiro atoms. The van der Waals surface area contributed by atoms with Crippen LogP contribution in [0.1, 0.15) is 32.1 Å². The summed E-state index contributed by atoms with van der Waals surface area (Å²) in [6.07, 6.45) is 5.09. The van der Waals surface area contributed by atoms with Crippen LogP contribution in [0.25, 0.3) is 0 Å². The molecule has 0 aromatic rings. The Hall–Kier alpha value is 0.1000. The lowest BCUT2D eigenvalue weighted by Gasteiger charge is -2.07. The lowest BCUT2D eigenvalue weighted by Crippen LogP contribution is -2.45. The molecule has 0 aliphatic carbocycles. The molecule has 0 rings (SSSR count). The Labute approximate surface area is 118 Å². The second-order valence-corrected chi connectivity index (χ2v) is 5.25. The van der Waals surface area contributed by atoms with Gasteiger partial charge in [0.25, 0.3) is 0 Å². The first kappa shape index (κ1) is 17.1. The minimum Gasteiger partial charge on any atom is -0.336 e. The van der Waals surface area contributed by atoms with Crippen molar-refractivity contribution in [3.63, 3.8) is 0 Å². The maximum Gasteiger partial charge on any atom is 0.329 e. The van der Waals surface area contributed by atoms with E-state index in [1.807, 2.05) is 0 Å². The van der Waals surface area contributed by atoms with E-state index >= 15 is 0 Å². The van der Waals surface area contributed by atoms with Crippen molar-refractivity contribution < 1.29 is 4.79 Å². The Kier molecular flexibility index (Phi) is 12.6. The topological polar surface area (TPSA) is 53.2 Å². The van der Waals surface area contributed by atoms with E-state index in [4.69, 9.17) is 34.8 Å². The van der Waals surface area contributed by atoms with E-state index in [9.17, 15) is 4.79 Å². The molecule has 0 saturated carbocycles. The summed E-state index contributed by atoms with van der Waals surface area (Å²) in [5.74, 6) is 0.412. The molecule has 0 atom stereocenters. The number of urea groups is 1. The van der Waals surface area contributed by atoms with E-state index in [2.05, 4.69) is 16.2 Å². The van der Waals surface area contributed by atoms with Gasteiger partial charge < -0.3 is 5.32 Å². The molecule has 0 radical (unpaired) electrons. The van der Waals surface area contributed by atoms with E-state index in [0.717, 1.165) is 38.6 Å². The van der Waals surface area contributed by atoms with E-state index in [1.165, 1.54) is 0 Å². The molecule has 0 aliphatic rings. The molecule has 0 saturated heterocycles. The summed E-state index contributed by atoms with van der Waals surface area (Å²) in [6.45, 7) is 1.21. The van der Waals surface area contributed by atoms with Crippen LogP contribution in [0.15, 0.2) is 0 Å². The third-order valence-electron chi connectivity index (χ3n) is 2.06. The number of rotatable bonds is 10. The van der Waals surface area contributed by atoms with Gasteiger partial charge in [-0.3, -0.25) is 5.43 Å². The Morgan fingerprint density at radius 2 is 1.76 bits per heavy atom. The molecule has 4 nitrogen and oxygen atoms in total. The molecule has 0 heterocycles. The Bertz CT molecular complexity index is 194. The van der Waals surface area contributed by atoms with Crippen molar-refractivity contribution in [1.29, 1.82) is 0 Å². The van der Waals surface area contributed by atoms with Gasteiger partial charge in [0.05, 0.1) is 0 Å². The van der Waals surface area contributed by atoms with Gasteiger partial charge in [-0.25, -0.2) is 10.2 Å². The molecule has 0 aliphatic heterocycles. The van der Waals surface area contributed by atoms with Gasteiger partial charge in [0.2, 0.25) is 0 Å². The smallest absolute Gasteiger partial charge is 0.329 e. The highest BCUT2D eigenvalue weighted by Gasteiger charge is 1.98. The van der Waals surface area contributed by atoms with Crippen molar-refractivity contribution in [2.45, 2.75) is 36.9 Å². The second kappa shape index (κ2) is 12.6. The van der Waals surface area contributed by atoms with E-state index < -0.39 is 0 Å². The van der Waals surface area contributed by atoms with Crippen molar-refractivity contribution in [1.82, 2.24) is 16.2 Å². The van der Waals surface area contributed by atoms with E-state index in [0.29, 0.717) is 12.4 Å². The first-order valence-corrected chi connectivity index (χ1v) is 7.18. The number of hydrazine groups is 1. The highest BCUT2D eigenvalue weighted by atomic mass is 35.5. The van der Waals surface area contributed by atoms with Crippen LogP contribution in [0, 0.1) is 0 Å². The van der Waals surface area contributed by atoms with Crippen LogP contribution in [0.4, 0.5) is 4.79 Å². The number of carbonyl (C=O) groups excluding carboxylic acids is 1. The zero-order valence-corrected chi connectivity index (χ0v) is 12.0. The first-order valence-electron chi connectivity index (χ1n) is 5.77. The predicted molar refractivity (Wildman–Crippen MR) is 73.8 cm³/mol.